The summed E-state index contributed by atoms with van der Waals surface area (Å²) in [4.78, 5) is 47.2. The molecule has 0 bridgehead atoms. The highest BCUT2D eigenvalue weighted by molar-refractivity contribution is 8.16. The minimum Gasteiger partial charge on any atom is -0.466 e. The number of aliphatic imine (C=N–C) groups is 1. The lowest BCUT2D eigenvalue weighted by molar-refractivity contribution is -0.151. The fraction of sp³-hybridized carbons (Fsp3) is 0.517. The Hall–Kier alpha value is -3.07. The number of hydrogen-bond donors (Lipinski definition) is 0. The molecule has 0 aliphatic carbocycles. The van der Waals surface area contributed by atoms with E-state index in [1.54, 1.807) is 6.92 Å². The number of carbonyl (C=O) groups excluding carboxylic acids is 3. The lowest BCUT2D eigenvalue weighted by Gasteiger charge is -2.37. The van der Waals surface area contributed by atoms with E-state index < -0.39 is 12.0 Å². The standard InChI is InChI=1S/C29H37N3O5S/c1-6-23-25(28(35)36-5)26(20-10-8-19(9-11-20)18(3)4)32-22(17-38-29(32)30-23)16-24(33)31-14-12-21(13-15-31)27(34)37-7-2/h8-11,17-18,21,26H,6-7,12-16H2,1-5H3. The first-order chi connectivity index (χ1) is 18.3. The maximum atomic E-state index is 13.4. The van der Waals surface area contributed by atoms with E-state index in [0.29, 0.717) is 56.1 Å². The highest BCUT2D eigenvalue weighted by Crippen LogP contribution is 2.45. The Bertz CT molecular complexity index is 1160. The topological polar surface area (TPSA) is 88.5 Å². The van der Waals surface area contributed by atoms with Crippen molar-refractivity contribution in [2.24, 2.45) is 10.9 Å². The third kappa shape index (κ3) is 5.67. The van der Waals surface area contributed by atoms with Gasteiger partial charge < -0.3 is 19.3 Å². The van der Waals surface area contributed by atoms with E-state index in [1.807, 2.05) is 22.1 Å². The zero-order valence-electron chi connectivity index (χ0n) is 22.9. The number of fused-ring (bicyclic) bond motifs is 1. The Morgan fingerprint density at radius 3 is 2.37 bits per heavy atom. The monoisotopic (exact) mass is 539 g/mol. The first-order valence-corrected chi connectivity index (χ1v) is 14.3. The van der Waals surface area contributed by atoms with Crippen molar-refractivity contribution < 1.29 is 23.9 Å². The molecule has 3 aliphatic rings. The Morgan fingerprint density at radius 1 is 1.11 bits per heavy atom. The summed E-state index contributed by atoms with van der Waals surface area (Å²) in [6.07, 6.45) is 1.99. The number of likely N-dealkylation sites (tertiary alicyclic amines) is 1. The molecule has 1 saturated heterocycles. The van der Waals surface area contributed by atoms with E-state index in [-0.39, 0.29) is 24.2 Å². The van der Waals surface area contributed by atoms with Gasteiger partial charge in [0.15, 0.2) is 5.17 Å². The van der Waals surface area contributed by atoms with E-state index in [0.717, 1.165) is 16.4 Å². The summed E-state index contributed by atoms with van der Waals surface area (Å²) in [5, 5.41) is 2.72. The fourth-order valence-electron chi connectivity index (χ4n) is 5.18. The number of nitrogens with zero attached hydrogens (tertiary/aromatic N) is 3. The molecule has 1 amide bonds. The van der Waals surface area contributed by atoms with Crippen LogP contribution < -0.4 is 0 Å². The number of allylic oxidation sites excluding steroid dienone is 1. The molecule has 0 saturated carbocycles. The normalized spacial score (nSPS) is 19.8. The zero-order chi connectivity index (χ0) is 27.4. The molecular weight excluding hydrogens is 502 g/mol. The maximum absolute atomic E-state index is 13.4. The van der Waals surface area contributed by atoms with Crippen molar-refractivity contribution in [1.29, 1.82) is 0 Å². The lowest BCUT2D eigenvalue weighted by atomic mass is 9.91. The Balaban J connectivity index is 1.59. The van der Waals surface area contributed by atoms with E-state index >= 15 is 0 Å². The molecular formula is C29H37N3O5S. The summed E-state index contributed by atoms with van der Waals surface area (Å²) < 4.78 is 10.4. The van der Waals surface area contributed by atoms with Crippen molar-refractivity contribution in [1.82, 2.24) is 9.80 Å². The number of thioether (sulfide) groups is 1. The average molecular weight is 540 g/mol. The third-order valence-electron chi connectivity index (χ3n) is 7.35. The number of methoxy groups -OCH3 is 1. The Kier molecular flexibility index (Phi) is 8.97. The number of amides is 1. The molecule has 1 aromatic rings. The van der Waals surface area contributed by atoms with Crippen LogP contribution in [-0.2, 0) is 23.9 Å². The van der Waals surface area contributed by atoms with Crippen molar-refractivity contribution in [3.05, 3.63) is 57.8 Å². The molecule has 8 nitrogen and oxygen atoms in total. The van der Waals surface area contributed by atoms with Crippen molar-refractivity contribution in [3.63, 3.8) is 0 Å². The van der Waals surface area contributed by atoms with Gasteiger partial charge in [0.1, 0.15) is 0 Å². The van der Waals surface area contributed by atoms with Crippen LogP contribution in [0, 0.1) is 5.92 Å². The van der Waals surface area contributed by atoms with Gasteiger partial charge in [-0.25, -0.2) is 9.79 Å². The van der Waals surface area contributed by atoms with Gasteiger partial charge in [-0.05, 0) is 48.6 Å². The van der Waals surface area contributed by atoms with Crippen molar-refractivity contribution in [2.45, 2.75) is 65.3 Å². The SMILES string of the molecule is CCOC(=O)C1CCN(C(=O)CC2=CSC3=NC(CC)=C(C(=O)OC)C(c4ccc(C(C)C)cc4)N23)CC1. The molecule has 3 aliphatic heterocycles. The molecule has 4 rings (SSSR count). The van der Waals surface area contributed by atoms with Crippen LogP contribution in [0.4, 0.5) is 0 Å². The number of esters is 2. The second kappa shape index (κ2) is 12.2. The second-order valence-corrected chi connectivity index (χ2v) is 10.8. The van der Waals surface area contributed by atoms with Gasteiger partial charge in [0.05, 0.1) is 43.4 Å². The van der Waals surface area contributed by atoms with Crippen molar-refractivity contribution in [3.8, 4) is 0 Å². The molecule has 38 heavy (non-hydrogen) atoms. The van der Waals surface area contributed by atoms with Crippen LogP contribution >= 0.6 is 11.8 Å². The van der Waals surface area contributed by atoms with Crippen LogP contribution in [0.25, 0.3) is 0 Å². The maximum Gasteiger partial charge on any atom is 0.338 e. The van der Waals surface area contributed by atoms with Crippen molar-refractivity contribution in [2.75, 3.05) is 26.8 Å². The van der Waals surface area contributed by atoms with Gasteiger partial charge in [-0.3, -0.25) is 9.59 Å². The Morgan fingerprint density at radius 2 is 1.79 bits per heavy atom. The molecule has 1 aromatic carbocycles. The van der Waals surface area contributed by atoms with E-state index in [9.17, 15) is 14.4 Å². The quantitative estimate of drug-likeness (QED) is 0.423. The largest absolute Gasteiger partial charge is 0.466 e. The summed E-state index contributed by atoms with van der Waals surface area (Å²) in [7, 11) is 1.39. The number of ether oxygens (including phenoxy) is 2. The second-order valence-electron chi connectivity index (χ2n) is 10.0. The van der Waals surface area contributed by atoms with Gasteiger partial charge in [0.2, 0.25) is 5.91 Å². The van der Waals surface area contributed by atoms with Gasteiger partial charge in [-0.1, -0.05) is 56.8 Å². The van der Waals surface area contributed by atoms with E-state index in [1.165, 1.54) is 24.4 Å². The van der Waals surface area contributed by atoms with Crippen LogP contribution in [0.2, 0.25) is 0 Å². The molecule has 0 radical (unpaired) electrons. The minimum absolute atomic E-state index is 0.000740. The highest BCUT2D eigenvalue weighted by Gasteiger charge is 2.42. The molecule has 1 atom stereocenters. The molecule has 204 valence electrons. The average Bonchev–Trinajstić information content (AvgIpc) is 3.33. The van der Waals surface area contributed by atoms with Crippen LogP contribution in [0.15, 0.2) is 51.6 Å². The van der Waals surface area contributed by atoms with Crippen molar-refractivity contribution >= 4 is 34.8 Å². The van der Waals surface area contributed by atoms with Crippen LogP contribution in [0.1, 0.15) is 76.5 Å². The molecule has 0 spiro atoms. The number of carbonyl (C=O) groups is 3. The summed E-state index contributed by atoms with van der Waals surface area (Å²) in [6.45, 7) is 9.50. The van der Waals surface area contributed by atoms with Crippen LogP contribution in [0.5, 0.6) is 0 Å². The number of amidine groups is 1. The summed E-state index contributed by atoms with van der Waals surface area (Å²) in [5.74, 6) is -0.355. The molecule has 0 N–H and O–H groups in total. The predicted octanol–water partition coefficient (Wildman–Crippen LogP) is 5.14. The van der Waals surface area contributed by atoms with E-state index in [2.05, 4.69) is 38.1 Å². The first-order valence-electron chi connectivity index (χ1n) is 13.4. The Labute approximate surface area is 229 Å². The van der Waals surface area contributed by atoms with E-state index in [4.69, 9.17) is 14.5 Å². The van der Waals surface area contributed by atoms with Gasteiger partial charge >= 0.3 is 11.9 Å². The number of piperidine rings is 1. The van der Waals surface area contributed by atoms with Crippen LogP contribution in [-0.4, -0.2) is 59.6 Å². The smallest absolute Gasteiger partial charge is 0.338 e. The van der Waals surface area contributed by atoms with Gasteiger partial charge in [-0.2, -0.15) is 0 Å². The number of rotatable bonds is 8. The molecule has 1 unspecified atom stereocenters. The first kappa shape index (κ1) is 28.0. The summed E-state index contributed by atoms with van der Waals surface area (Å²) in [6, 6.07) is 7.87. The van der Waals surface area contributed by atoms with Gasteiger partial charge in [0, 0.05) is 18.8 Å². The highest BCUT2D eigenvalue weighted by atomic mass is 32.2. The molecule has 1 fully saturated rings. The summed E-state index contributed by atoms with van der Waals surface area (Å²) in [5.41, 5.74) is 4.18. The lowest BCUT2D eigenvalue weighted by Crippen LogP contribution is -2.42. The predicted molar refractivity (Wildman–Crippen MR) is 148 cm³/mol. The van der Waals surface area contributed by atoms with Gasteiger partial charge in [0.25, 0.3) is 0 Å². The minimum atomic E-state index is -0.435. The third-order valence-corrected chi connectivity index (χ3v) is 8.24. The molecule has 0 aromatic heterocycles. The zero-order valence-corrected chi connectivity index (χ0v) is 23.7. The van der Waals surface area contributed by atoms with Crippen LogP contribution in [0.3, 0.4) is 0 Å². The molecule has 3 heterocycles. The fourth-order valence-corrected chi connectivity index (χ4v) is 6.12. The number of hydrogen-bond acceptors (Lipinski definition) is 8. The summed E-state index contributed by atoms with van der Waals surface area (Å²) >= 11 is 1.48. The number of benzene rings is 1. The van der Waals surface area contributed by atoms with Gasteiger partial charge in [-0.15, -0.1) is 0 Å². The molecule has 9 heteroatoms.